The van der Waals surface area contributed by atoms with E-state index in [0.29, 0.717) is 5.56 Å². The van der Waals surface area contributed by atoms with Gasteiger partial charge in [-0.1, -0.05) is 6.92 Å². The summed E-state index contributed by atoms with van der Waals surface area (Å²) in [5, 5.41) is 12.9. The van der Waals surface area contributed by atoms with Crippen LogP contribution in [0.4, 0.5) is 0 Å². The maximum atomic E-state index is 8.82. The summed E-state index contributed by atoms with van der Waals surface area (Å²) in [5.74, 6) is 0. The number of rotatable bonds is 2. The molecule has 0 N–H and O–H groups in total. The molecule has 4 heteroatoms. The van der Waals surface area contributed by atoms with Crippen LogP contribution < -0.4 is 0 Å². The largest absolute Gasteiger partial charge is 0.330 e. The first-order valence-electron chi connectivity index (χ1n) is 4.29. The number of fused-ring (bicyclic) bond motifs is 1. The smallest absolute Gasteiger partial charge is 0.153 e. The minimum absolute atomic E-state index is 0.637. The number of nitrogens with zero attached hydrogens (tertiary/aromatic N) is 4. The molecule has 2 aromatic rings. The van der Waals surface area contributed by atoms with Crippen molar-refractivity contribution in [3.63, 3.8) is 0 Å². The van der Waals surface area contributed by atoms with Gasteiger partial charge in [0.1, 0.15) is 11.6 Å². The standard InChI is InChI=1S/C9H10N4/c1-2-3-12-4-5-13-9(12)8(6-10)7-11-13/h4-5,7H,2-3H2,1H3. The normalized spacial score (nSPS) is 10.5. The molecule has 0 unspecified atom stereocenters. The number of nitriles is 1. The van der Waals surface area contributed by atoms with Gasteiger partial charge in [0.05, 0.1) is 6.20 Å². The van der Waals surface area contributed by atoms with E-state index in [1.807, 2.05) is 17.0 Å². The van der Waals surface area contributed by atoms with Gasteiger partial charge in [-0.05, 0) is 6.42 Å². The maximum absolute atomic E-state index is 8.82. The van der Waals surface area contributed by atoms with Crippen LogP contribution in [0.1, 0.15) is 18.9 Å². The fourth-order valence-electron chi connectivity index (χ4n) is 1.47. The molecule has 0 aliphatic heterocycles. The molecule has 0 bridgehead atoms. The predicted octanol–water partition coefficient (Wildman–Crippen LogP) is 1.42. The highest BCUT2D eigenvalue weighted by atomic mass is 15.3. The fourth-order valence-corrected chi connectivity index (χ4v) is 1.47. The Kier molecular flexibility index (Phi) is 1.78. The third-order valence-electron chi connectivity index (χ3n) is 2.01. The number of imidazole rings is 1. The molecule has 0 atom stereocenters. The topological polar surface area (TPSA) is 46.0 Å². The first-order chi connectivity index (χ1) is 6.36. The zero-order chi connectivity index (χ0) is 9.26. The SMILES string of the molecule is CCCn1ccn2ncc(C#N)c12. The van der Waals surface area contributed by atoms with E-state index in [1.165, 1.54) is 0 Å². The van der Waals surface area contributed by atoms with Crippen LogP contribution in [0, 0.1) is 11.3 Å². The summed E-state index contributed by atoms with van der Waals surface area (Å²) in [6.07, 6.45) is 6.47. The second-order valence-electron chi connectivity index (χ2n) is 2.93. The van der Waals surface area contributed by atoms with E-state index in [0.717, 1.165) is 18.6 Å². The first kappa shape index (κ1) is 7.87. The van der Waals surface area contributed by atoms with Crippen molar-refractivity contribution >= 4 is 5.65 Å². The Bertz CT molecular complexity index is 457. The van der Waals surface area contributed by atoms with Gasteiger partial charge in [0.15, 0.2) is 5.65 Å². The van der Waals surface area contributed by atoms with Gasteiger partial charge < -0.3 is 4.57 Å². The number of aromatic nitrogens is 3. The Balaban J connectivity index is 2.63. The number of hydrogen-bond donors (Lipinski definition) is 0. The molecule has 2 rings (SSSR count). The van der Waals surface area contributed by atoms with Crippen molar-refractivity contribution in [3.8, 4) is 6.07 Å². The molecule has 2 heterocycles. The van der Waals surface area contributed by atoms with Gasteiger partial charge in [-0.2, -0.15) is 10.4 Å². The molecule has 0 saturated heterocycles. The molecular weight excluding hydrogens is 164 g/mol. The second kappa shape index (κ2) is 2.94. The Morgan fingerprint density at radius 3 is 3.08 bits per heavy atom. The van der Waals surface area contributed by atoms with Crippen LogP contribution in [0.2, 0.25) is 0 Å². The van der Waals surface area contributed by atoms with Crippen molar-refractivity contribution in [1.29, 1.82) is 5.26 Å². The van der Waals surface area contributed by atoms with Crippen LogP contribution in [-0.4, -0.2) is 14.2 Å². The van der Waals surface area contributed by atoms with Crippen LogP contribution in [0.15, 0.2) is 18.6 Å². The summed E-state index contributed by atoms with van der Waals surface area (Å²) in [5.41, 5.74) is 1.53. The van der Waals surface area contributed by atoms with Gasteiger partial charge in [0, 0.05) is 18.9 Å². The second-order valence-corrected chi connectivity index (χ2v) is 2.93. The highest BCUT2D eigenvalue weighted by Gasteiger charge is 2.07. The highest BCUT2D eigenvalue weighted by molar-refractivity contribution is 5.54. The van der Waals surface area contributed by atoms with E-state index >= 15 is 0 Å². The van der Waals surface area contributed by atoms with Crippen molar-refractivity contribution in [1.82, 2.24) is 14.2 Å². The monoisotopic (exact) mass is 174 g/mol. The average Bonchev–Trinajstić information content (AvgIpc) is 2.68. The van der Waals surface area contributed by atoms with Crippen molar-refractivity contribution < 1.29 is 0 Å². The third kappa shape index (κ3) is 1.09. The van der Waals surface area contributed by atoms with Gasteiger partial charge in [-0.15, -0.1) is 0 Å². The molecule has 0 aliphatic carbocycles. The summed E-state index contributed by atoms with van der Waals surface area (Å²) in [6, 6.07) is 2.13. The summed E-state index contributed by atoms with van der Waals surface area (Å²) >= 11 is 0. The van der Waals surface area contributed by atoms with Crippen molar-refractivity contribution in [2.45, 2.75) is 19.9 Å². The molecule has 0 saturated carbocycles. The highest BCUT2D eigenvalue weighted by Crippen LogP contribution is 2.10. The third-order valence-corrected chi connectivity index (χ3v) is 2.01. The number of aryl methyl sites for hydroxylation is 1. The van der Waals surface area contributed by atoms with Gasteiger partial charge in [-0.25, -0.2) is 4.52 Å². The molecule has 0 radical (unpaired) electrons. The van der Waals surface area contributed by atoms with Gasteiger partial charge >= 0.3 is 0 Å². The van der Waals surface area contributed by atoms with Gasteiger partial charge in [0.2, 0.25) is 0 Å². The molecule has 13 heavy (non-hydrogen) atoms. The lowest BCUT2D eigenvalue weighted by Crippen LogP contribution is -1.95. The predicted molar refractivity (Wildman–Crippen MR) is 48.2 cm³/mol. The first-order valence-corrected chi connectivity index (χ1v) is 4.29. The van der Waals surface area contributed by atoms with Crippen molar-refractivity contribution in [2.75, 3.05) is 0 Å². The molecule has 2 aromatic heterocycles. The molecule has 0 aliphatic rings. The minimum atomic E-state index is 0.637. The van der Waals surface area contributed by atoms with Crippen molar-refractivity contribution in [2.24, 2.45) is 0 Å². The molecule has 0 aromatic carbocycles. The summed E-state index contributed by atoms with van der Waals surface area (Å²) in [7, 11) is 0. The minimum Gasteiger partial charge on any atom is -0.330 e. The van der Waals surface area contributed by atoms with Gasteiger partial charge in [0.25, 0.3) is 0 Å². The zero-order valence-corrected chi connectivity index (χ0v) is 7.44. The van der Waals surface area contributed by atoms with Crippen LogP contribution in [0.25, 0.3) is 5.65 Å². The van der Waals surface area contributed by atoms with E-state index in [2.05, 4.69) is 18.1 Å². The summed E-state index contributed by atoms with van der Waals surface area (Å²) in [4.78, 5) is 0. The van der Waals surface area contributed by atoms with E-state index in [1.54, 1.807) is 10.7 Å². The average molecular weight is 174 g/mol. The van der Waals surface area contributed by atoms with Gasteiger partial charge in [-0.3, -0.25) is 0 Å². The van der Waals surface area contributed by atoms with Crippen LogP contribution in [-0.2, 0) is 6.54 Å². The summed E-state index contributed by atoms with van der Waals surface area (Å²) < 4.78 is 3.78. The van der Waals surface area contributed by atoms with E-state index in [9.17, 15) is 0 Å². The van der Waals surface area contributed by atoms with Crippen LogP contribution in [0.5, 0.6) is 0 Å². The van der Waals surface area contributed by atoms with E-state index in [-0.39, 0.29) is 0 Å². The zero-order valence-electron chi connectivity index (χ0n) is 7.44. The Labute approximate surface area is 76.0 Å². The molecule has 0 amide bonds. The summed E-state index contributed by atoms with van der Waals surface area (Å²) in [6.45, 7) is 3.04. The molecule has 66 valence electrons. The molecular formula is C9H10N4. The molecule has 0 fully saturated rings. The quantitative estimate of drug-likeness (QED) is 0.691. The Morgan fingerprint density at radius 1 is 1.54 bits per heavy atom. The van der Waals surface area contributed by atoms with Crippen LogP contribution >= 0.6 is 0 Å². The van der Waals surface area contributed by atoms with E-state index in [4.69, 9.17) is 5.26 Å². The fraction of sp³-hybridized carbons (Fsp3) is 0.333. The lowest BCUT2D eigenvalue weighted by atomic mass is 10.4. The Morgan fingerprint density at radius 2 is 2.38 bits per heavy atom. The van der Waals surface area contributed by atoms with Crippen molar-refractivity contribution in [3.05, 3.63) is 24.2 Å². The maximum Gasteiger partial charge on any atom is 0.153 e. The number of hydrogen-bond acceptors (Lipinski definition) is 2. The van der Waals surface area contributed by atoms with Crippen LogP contribution in [0.3, 0.4) is 0 Å². The molecule has 0 spiro atoms. The Hall–Kier alpha value is -1.76. The molecule has 4 nitrogen and oxygen atoms in total. The lowest BCUT2D eigenvalue weighted by Gasteiger charge is -1.98. The lowest BCUT2D eigenvalue weighted by molar-refractivity contribution is 0.698. The van der Waals surface area contributed by atoms with E-state index < -0.39 is 0 Å².